The average molecular weight is 225 g/mol. The summed E-state index contributed by atoms with van der Waals surface area (Å²) in [5, 5.41) is 9.06. The maximum atomic E-state index is 9.06. The van der Waals surface area contributed by atoms with Gasteiger partial charge >= 0.3 is 0 Å². The lowest BCUT2D eigenvalue weighted by Gasteiger charge is -2.06. The van der Waals surface area contributed by atoms with Gasteiger partial charge in [0.05, 0.1) is 5.56 Å². The van der Waals surface area contributed by atoms with Gasteiger partial charge in [0.25, 0.3) is 0 Å². The monoisotopic (exact) mass is 225 g/mol. The van der Waals surface area contributed by atoms with Crippen molar-refractivity contribution in [3.8, 4) is 6.07 Å². The third-order valence-corrected chi connectivity index (χ3v) is 3.55. The molecule has 0 bridgehead atoms. The van der Waals surface area contributed by atoms with Crippen LogP contribution in [0.25, 0.3) is 0 Å². The molecule has 0 aliphatic rings. The second-order valence-corrected chi connectivity index (χ2v) is 4.56. The molecular weight excluding hydrogens is 214 g/mol. The first kappa shape index (κ1) is 10.8. The first-order valence-corrected chi connectivity index (χ1v) is 5.85. The molecule has 0 aliphatic heterocycles. The first-order chi connectivity index (χ1) is 7.81. The third kappa shape index (κ3) is 2.26. The van der Waals surface area contributed by atoms with E-state index in [1.165, 1.54) is 0 Å². The molecule has 2 heteroatoms. The van der Waals surface area contributed by atoms with E-state index in [0.717, 1.165) is 20.9 Å². The van der Waals surface area contributed by atoms with Crippen molar-refractivity contribution in [2.24, 2.45) is 0 Å². The molecule has 0 amide bonds. The molecule has 2 aromatic rings. The van der Waals surface area contributed by atoms with Gasteiger partial charge in [-0.3, -0.25) is 0 Å². The molecule has 1 nitrogen and oxygen atoms in total. The topological polar surface area (TPSA) is 23.8 Å². The molecule has 2 rings (SSSR count). The molecule has 0 saturated carbocycles. The minimum atomic E-state index is 0.744. The summed E-state index contributed by atoms with van der Waals surface area (Å²) in [5.74, 6) is 0. The molecule has 0 radical (unpaired) electrons. The van der Waals surface area contributed by atoms with E-state index in [1.54, 1.807) is 11.8 Å². The molecule has 0 heterocycles. The summed E-state index contributed by atoms with van der Waals surface area (Å²) in [4.78, 5) is 2.21. The van der Waals surface area contributed by atoms with E-state index in [4.69, 9.17) is 5.26 Å². The van der Waals surface area contributed by atoms with E-state index < -0.39 is 0 Å². The van der Waals surface area contributed by atoms with Crippen molar-refractivity contribution in [1.82, 2.24) is 0 Å². The van der Waals surface area contributed by atoms with Gasteiger partial charge < -0.3 is 0 Å². The summed E-state index contributed by atoms with van der Waals surface area (Å²) in [6.07, 6.45) is 0. The summed E-state index contributed by atoms with van der Waals surface area (Å²) < 4.78 is 0. The molecule has 16 heavy (non-hydrogen) atoms. The number of hydrogen-bond donors (Lipinski definition) is 0. The highest BCUT2D eigenvalue weighted by Gasteiger charge is 2.06. The molecule has 0 N–H and O–H groups in total. The molecule has 0 aliphatic carbocycles. The Labute approximate surface area is 99.7 Å². The minimum absolute atomic E-state index is 0.744. The summed E-state index contributed by atoms with van der Waals surface area (Å²) in [5.41, 5.74) is 1.89. The van der Waals surface area contributed by atoms with Gasteiger partial charge in [-0.2, -0.15) is 5.26 Å². The van der Waals surface area contributed by atoms with Gasteiger partial charge in [0, 0.05) is 9.79 Å². The standard InChI is InChI=1S/C14H11NS/c1-11-6-5-7-12(10-15)14(11)16-13-8-3-2-4-9-13/h2-9H,1H3. The highest BCUT2D eigenvalue weighted by Crippen LogP contribution is 2.32. The third-order valence-electron chi connectivity index (χ3n) is 2.30. The van der Waals surface area contributed by atoms with Crippen LogP contribution in [0.4, 0.5) is 0 Å². The van der Waals surface area contributed by atoms with E-state index in [2.05, 4.69) is 18.2 Å². The summed E-state index contributed by atoms with van der Waals surface area (Å²) in [6.45, 7) is 2.03. The Balaban J connectivity index is 2.39. The molecule has 78 valence electrons. The van der Waals surface area contributed by atoms with E-state index >= 15 is 0 Å². The Hall–Kier alpha value is -1.72. The van der Waals surface area contributed by atoms with Gasteiger partial charge in [-0.1, -0.05) is 42.1 Å². The van der Waals surface area contributed by atoms with Crippen LogP contribution in [0.1, 0.15) is 11.1 Å². The van der Waals surface area contributed by atoms with Crippen molar-refractivity contribution in [2.75, 3.05) is 0 Å². The predicted octanol–water partition coefficient (Wildman–Crippen LogP) is 4.02. The van der Waals surface area contributed by atoms with Crippen LogP contribution in [0.2, 0.25) is 0 Å². The Kier molecular flexibility index (Phi) is 3.28. The molecule has 0 atom stereocenters. The van der Waals surface area contributed by atoms with Gasteiger partial charge in [-0.15, -0.1) is 0 Å². The SMILES string of the molecule is Cc1cccc(C#N)c1Sc1ccccc1. The van der Waals surface area contributed by atoms with Crippen molar-refractivity contribution in [3.63, 3.8) is 0 Å². The van der Waals surface area contributed by atoms with E-state index in [9.17, 15) is 0 Å². The van der Waals surface area contributed by atoms with Crippen molar-refractivity contribution in [3.05, 3.63) is 59.7 Å². The Bertz CT molecular complexity index is 526. The lowest BCUT2D eigenvalue weighted by atomic mass is 10.1. The van der Waals surface area contributed by atoms with Crippen LogP contribution in [0.3, 0.4) is 0 Å². The molecule has 0 fully saturated rings. The molecule has 0 unspecified atom stereocenters. The van der Waals surface area contributed by atoms with E-state index in [-0.39, 0.29) is 0 Å². The highest BCUT2D eigenvalue weighted by atomic mass is 32.2. The molecule has 2 aromatic carbocycles. The zero-order valence-electron chi connectivity index (χ0n) is 8.97. The van der Waals surface area contributed by atoms with Crippen LogP contribution in [-0.4, -0.2) is 0 Å². The Morgan fingerprint density at radius 1 is 1.00 bits per heavy atom. The molecule has 0 saturated heterocycles. The largest absolute Gasteiger partial charge is 0.192 e. The van der Waals surface area contributed by atoms with Crippen molar-refractivity contribution in [2.45, 2.75) is 16.7 Å². The fourth-order valence-corrected chi connectivity index (χ4v) is 2.46. The number of nitrogens with zero attached hydrogens (tertiary/aromatic N) is 1. The van der Waals surface area contributed by atoms with Crippen LogP contribution >= 0.6 is 11.8 Å². The Morgan fingerprint density at radius 3 is 2.44 bits per heavy atom. The van der Waals surface area contributed by atoms with Gasteiger partial charge in [0.2, 0.25) is 0 Å². The smallest absolute Gasteiger partial charge is 0.100 e. The van der Waals surface area contributed by atoms with Crippen LogP contribution in [0.15, 0.2) is 58.3 Å². The maximum absolute atomic E-state index is 9.06. The predicted molar refractivity (Wildman–Crippen MR) is 66.5 cm³/mol. The van der Waals surface area contributed by atoms with Gasteiger partial charge in [0.15, 0.2) is 0 Å². The average Bonchev–Trinajstić information content (AvgIpc) is 2.33. The second-order valence-electron chi connectivity index (χ2n) is 3.48. The normalized spacial score (nSPS) is 9.75. The molecular formula is C14H11NS. The summed E-state index contributed by atoms with van der Waals surface area (Å²) in [7, 11) is 0. The number of rotatable bonds is 2. The number of benzene rings is 2. The van der Waals surface area contributed by atoms with Crippen LogP contribution in [-0.2, 0) is 0 Å². The van der Waals surface area contributed by atoms with Crippen molar-refractivity contribution in [1.29, 1.82) is 5.26 Å². The van der Waals surface area contributed by atoms with E-state index in [1.807, 2.05) is 43.3 Å². The Morgan fingerprint density at radius 2 is 1.75 bits per heavy atom. The first-order valence-electron chi connectivity index (χ1n) is 5.04. The van der Waals surface area contributed by atoms with Gasteiger partial charge in [0.1, 0.15) is 6.07 Å². The van der Waals surface area contributed by atoms with Gasteiger partial charge in [-0.25, -0.2) is 0 Å². The van der Waals surface area contributed by atoms with Crippen LogP contribution in [0, 0.1) is 18.3 Å². The molecule has 0 spiro atoms. The minimum Gasteiger partial charge on any atom is -0.192 e. The second kappa shape index (κ2) is 4.87. The van der Waals surface area contributed by atoms with Gasteiger partial charge in [-0.05, 0) is 30.7 Å². The fourth-order valence-electron chi connectivity index (χ4n) is 1.48. The summed E-state index contributed by atoms with van der Waals surface area (Å²) >= 11 is 1.64. The maximum Gasteiger partial charge on any atom is 0.100 e. The lowest BCUT2D eigenvalue weighted by molar-refractivity contribution is 1.26. The van der Waals surface area contributed by atoms with Crippen molar-refractivity contribution < 1.29 is 0 Å². The zero-order valence-corrected chi connectivity index (χ0v) is 9.79. The quantitative estimate of drug-likeness (QED) is 0.770. The molecule has 0 aromatic heterocycles. The number of nitriles is 1. The van der Waals surface area contributed by atoms with Crippen molar-refractivity contribution >= 4 is 11.8 Å². The lowest BCUT2D eigenvalue weighted by Crippen LogP contribution is -1.85. The summed E-state index contributed by atoms with van der Waals surface area (Å²) in [6, 6.07) is 18.2. The van der Waals surface area contributed by atoms with E-state index in [0.29, 0.717) is 0 Å². The number of hydrogen-bond acceptors (Lipinski definition) is 2. The number of aryl methyl sites for hydroxylation is 1. The zero-order chi connectivity index (χ0) is 11.4. The highest BCUT2D eigenvalue weighted by molar-refractivity contribution is 7.99. The van der Waals surface area contributed by atoms with Crippen LogP contribution in [0.5, 0.6) is 0 Å². The fraction of sp³-hybridized carbons (Fsp3) is 0.0714. The van der Waals surface area contributed by atoms with Crippen LogP contribution < -0.4 is 0 Å².